The first kappa shape index (κ1) is 17.4. The van der Waals surface area contributed by atoms with E-state index in [2.05, 4.69) is 15.2 Å². The number of hydrogen-bond donors (Lipinski definition) is 1. The number of alkyl halides is 3. The summed E-state index contributed by atoms with van der Waals surface area (Å²) in [7, 11) is 0. The van der Waals surface area contributed by atoms with Crippen LogP contribution in [0.4, 0.5) is 18.9 Å². The molecule has 2 aromatic carbocycles. The van der Waals surface area contributed by atoms with Crippen LogP contribution in [0.3, 0.4) is 0 Å². The molecule has 0 amide bonds. The van der Waals surface area contributed by atoms with Crippen molar-refractivity contribution in [2.45, 2.75) is 12.8 Å². The molecule has 0 saturated carbocycles. The second-order valence-electron chi connectivity index (χ2n) is 5.22. The van der Waals surface area contributed by atoms with E-state index in [1.165, 1.54) is 30.3 Å². The number of H-pyrrole nitrogens is 1. The summed E-state index contributed by atoms with van der Waals surface area (Å²) < 4.78 is 43.1. The van der Waals surface area contributed by atoms with E-state index in [1.807, 2.05) is 0 Å². The summed E-state index contributed by atoms with van der Waals surface area (Å²) in [6.45, 7) is -0.0329. The molecule has 0 bridgehead atoms. The Balaban J connectivity index is 1.68. The zero-order valence-corrected chi connectivity index (χ0v) is 13.0. The lowest BCUT2D eigenvalue weighted by Gasteiger charge is -2.06. The van der Waals surface area contributed by atoms with Crippen molar-refractivity contribution in [3.8, 4) is 17.1 Å². The van der Waals surface area contributed by atoms with E-state index in [0.717, 1.165) is 12.1 Å². The third-order valence-electron chi connectivity index (χ3n) is 3.41. The maximum absolute atomic E-state index is 12.6. The van der Waals surface area contributed by atoms with Gasteiger partial charge in [-0.15, -0.1) is 0 Å². The summed E-state index contributed by atoms with van der Waals surface area (Å²) in [4.78, 5) is 14.3. The Morgan fingerprint density at radius 3 is 2.54 bits per heavy atom. The molecule has 0 aliphatic heterocycles. The van der Waals surface area contributed by atoms with E-state index in [-0.39, 0.29) is 23.9 Å². The monoisotopic (exact) mass is 364 g/mol. The van der Waals surface area contributed by atoms with Gasteiger partial charge in [-0.05, 0) is 18.2 Å². The van der Waals surface area contributed by atoms with E-state index < -0.39 is 16.7 Å². The first-order valence-corrected chi connectivity index (χ1v) is 7.29. The van der Waals surface area contributed by atoms with Gasteiger partial charge in [0.2, 0.25) is 0 Å². The van der Waals surface area contributed by atoms with Gasteiger partial charge in [0.05, 0.1) is 16.6 Å². The predicted molar refractivity (Wildman–Crippen MR) is 84.2 cm³/mol. The molecule has 0 atom stereocenters. The van der Waals surface area contributed by atoms with Crippen LogP contribution in [0.5, 0.6) is 5.75 Å². The molecule has 0 spiro atoms. The molecule has 0 aliphatic carbocycles. The van der Waals surface area contributed by atoms with Gasteiger partial charge >= 0.3 is 6.18 Å². The van der Waals surface area contributed by atoms with Crippen molar-refractivity contribution in [1.29, 1.82) is 0 Å². The summed E-state index contributed by atoms with van der Waals surface area (Å²) >= 11 is 0. The first-order chi connectivity index (χ1) is 12.3. The topological polar surface area (TPSA) is 93.9 Å². The highest BCUT2D eigenvalue weighted by Gasteiger charge is 2.30. The molecular weight excluding hydrogens is 353 g/mol. The van der Waals surface area contributed by atoms with Crippen LogP contribution < -0.4 is 4.74 Å². The maximum atomic E-state index is 12.6. The van der Waals surface area contributed by atoms with Crippen molar-refractivity contribution >= 4 is 5.69 Å². The number of hydrogen-bond acceptors (Lipinski definition) is 5. The third-order valence-corrected chi connectivity index (χ3v) is 3.41. The molecule has 0 aliphatic rings. The van der Waals surface area contributed by atoms with Crippen LogP contribution in [-0.2, 0) is 12.8 Å². The third kappa shape index (κ3) is 3.97. The molecule has 0 unspecified atom stereocenters. The summed E-state index contributed by atoms with van der Waals surface area (Å²) in [5.41, 5.74) is -0.452. The number of ether oxygens (including phenoxy) is 1. The maximum Gasteiger partial charge on any atom is 0.416 e. The van der Waals surface area contributed by atoms with Gasteiger partial charge in [0.15, 0.2) is 11.6 Å². The number of nitro groups is 1. The van der Waals surface area contributed by atoms with Gasteiger partial charge in [0, 0.05) is 11.6 Å². The standard InChI is InChI=1S/C16H11F3N4O3/c17-16(18,19)11-6-4-10(5-7-11)15-20-14(21-22-15)9-26-13-3-1-2-12(8-13)23(24)25/h1-8H,9H2,(H,20,21,22). The van der Waals surface area contributed by atoms with Crippen LogP contribution in [0, 0.1) is 10.1 Å². The van der Waals surface area contributed by atoms with Crippen LogP contribution in [-0.4, -0.2) is 20.1 Å². The molecule has 3 aromatic rings. The molecule has 134 valence electrons. The number of benzene rings is 2. The molecule has 1 N–H and O–H groups in total. The van der Waals surface area contributed by atoms with Crippen molar-refractivity contribution in [3.05, 3.63) is 70.0 Å². The number of rotatable bonds is 5. The Hall–Kier alpha value is -3.43. The highest BCUT2D eigenvalue weighted by atomic mass is 19.4. The van der Waals surface area contributed by atoms with Gasteiger partial charge in [-0.1, -0.05) is 18.2 Å². The number of aromatic amines is 1. The molecule has 1 heterocycles. The highest BCUT2D eigenvalue weighted by molar-refractivity contribution is 5.55. The SMILES string of the molecule is O=[N+]([O-])c1cccc(OCc2nc(-c3ccc(C(F)(F)F)cc3)n[nH]2)c1. The van der Waals surface area contributed by atoms with Crippen molar-refractivity contribution in [1.82, 2.24) is 15.2 Å². The van der Waals surface area contributed by atoms with E-state index >= 15 is 0 Å². The van der Waals surface area contributed by atoms with Crippen molar-refractivity contribution in [3.63, 3.8) is 0 Å². The highest BCUT2D eigenvalue weighted by Crippen LogP contribution is 2.30. The van der Waals surface area contributed by atoms with Gasteiger partial charge < -0.3 is 4.74 Å². The minimum Gasteiger partial charge on any atom is -0.485 e. The average Bonchev–Trinajstić information content (AvgIpc) is 3.08. The molecule has 3 rings (SSSR count). The van der Waals surface area contributed by atoms with Crippen molar-refractivity contribution in [2.24, 2.45) is 0 Å². The number of aromatic nitrogens is 3. The van der Waals surface area contributed by atoms with E-state index in [0.29, 0.717) is 11.4 Å². The number of non-ortho nitro benzene ring substituents is 1. The Morgan fingerprint density at radius 1 is 1.15 bits per heavy atom. The van der Waals surface area contributed by atoms with E-state index in [4.69, 9.17) is 4.74 Å². The Labute approximate surface area is 144 Å². The Bertz CT molecular complexity index is 923. The minimum atomic E-state index is -4.41. The lowest BCUT2D eigenvalue weighted by Crippen LogP contribution is -2.04. The smallest absolute Gasteiger partial charge is 0.416 e. The van der Waals surface area contributed by atoms with Gasteiger partial charge in [0.25, 0.3) is 5.69 Å². The molecule has 1 aromatic heterocycles. The largest absolute Gasteiger partial charge is 0.485 e. The zero-order chi connectivity index (χ0) is 18.7. The molecular formula is C16H11F3N4O3. The number of nitrogens with zero attached hydrogens (tertiary/aromatic N) is 3. The summed E-state index contributed by atoms with van der Waals surface area (Å²) in [5, 5.41) is 17.3. The van der Waals surface area contributed by atoms with Crippen LogP contribution in [0.2, 0.25) is 0 Å². The Kier molecular flexibility index (Phi) is 4.57. The van der Waals surface area contributed by atoms with Crippen molar-refractivity contribution in [2.75, 3.05) is 0 Å². The lowest BCUT2D eigenvalue weighted by molar-refractivity contribution is -0.384. The zero-order valence-electron chi connectivity index (χ0n) is 13.0. The van der Waals surface area contributed by atoms with Gasteiger partial charge in [-0.3, -0.25) is 15.2 Å². The molecule has 0 fully saturated rings. The summed E-state index contributed by atoms with van der Waals surface area (Å²) in [6, 6.07) is 10.1. The molecule has 0 saturated heterocycles. The summed E-state index contributed by atoms with van der Waals surface area (Å²) in [5.74, 6) is 0.828. The quantitative estimate of drug-likeness (QED) is 0.546. The molecule has 26 heavy (non-hydrogen) atoms. The van der Waals surface area contributed by atoms with Gasteiger partial charge in [-0.25, -0.2) is 4.98 Å². The predicted octanol–water partition coefficient (Wildman–Crippen LogP) is 3.98. The fraction of sp³-hybridized carbons (Fsp3) is 0.125. The average molecular weight is 364 g/mol. The second-order valence-corrected chi connectivity index (χ2v) is 5.22. The normalized spacial score (nSPS) is 11.3. The second kappa shape index (κ2) is 6.82. The number of nitrogens with one attached hydrogen (secondary N) is 1. The minimum absolute atomic E-state index is 0.0329. The number of nitro benzene ring substituents is 1. The lowest BCUT2D eigenvalue weighted by atomic mass is 10.1. The molecule has 7 nitrogen and oxygen atoms in total. The Morgan fingerprint density at radius 2 is 1.88 bits per heavy atom. The van der Waals surface area contributed by atoms with Crippen LogP contribution in [0.25, 0.3) is 11.4 Å². The van der Waals surface area contributed by atoms with Crippen molar-refractivity contribution < 1.29 is 22.8 Å². The molecule has 0 radical (unpaired) electrons. The first-order valence-electron chi connectivity index (χ1n) is 7.29. The fourth-order valence-electron chi connectivity index (χ4n) is 2.14. The summed E-state index contributed by atoms with van der Waals surface area (Å²) in [6.07, 6.45) is -4.41. The van der Waals surface area contributed by atoms with Gasteiger partial charge in [-0.2, -0.15) is 18.3 Å². The van der Waals surface area contributed by atoms with E-state index in [9.17, 15) is 23.3 Å². The van der Waals surface area contributed by atoms with Gasteiger partial charge in [0.1, 0.15) is 12.4 Å². The fourth-order valence-corrected chi connectivity index (χ4v) is 2.14. The van der Waals surface area contributed by atoms with E-state index in [1.54, 1.807) is 6.07 Å². The number of halogens is 3. The van der Waals surface area contributed by atoms with Crippen LogP contribution >= 0.6 is 0 Å². The molecule has 10 heteroatoms. The van der Waals surface area contributed by atoms with Crippen LogP contribution in [0.1, 0.15) is 11.4 Å². The van der Waals surface area contributed by atoms with Crippen LogP contribution in [0.15, 0.2) is 48.5 Å².